The van der Waals surface area contributed by atoms with E-state index in [4.69, 9.17) is 14.2 Å². The first-order valence-corrected chi connectivity index (χ1v) is 5.81. The van der Waals surface area contributed by atoms with Crippen LogP contribution in [0.5, 0.6) is 0 Å². The van der Waals surface area contributed by atoms with Crippen molar-refractivity contribution in [3.63, 3.8) is 0 Å². The smallest absolute Gasteiger partial charge is 0.332 e. The van der Waals surface area contributed by atoms with E-state index in [0.29, 0.717) is 6.61 Å². The van der Waals surface area contributed by atoms with Crippen LogP contribution in [0.25, 0.3) is 0 Å². The molecular weight excluding hydrogens is 248 g/mol. The zero-order valence-corrected chi connectivity index (χ0v) is 11.8. The summed E-state index contributed by atoms with van der Waals surface area (Å²) in [5, 5.41) is 0. The summed E-state index contributed by atoms with van der Waals surface area (Å²) in [6.07, 6.45) is 2.12. The maximum Gasteiger partial charge on any atom is 0.332 e. The highest BCUT2D eigenvalue weighted by molar-refractivity contribution is 5.82. The molecule has 0 amide bonds. The van der Waals surface area contributed by atoms with Crippen molar-refractivity contribution in [3.8, 4) is 0 Å². The summed E-state index contributed by atoms with van der Waals surface area (Å²) >= 11 is 0. The summed E-state index contributed by atoms with van der Waals surface area (Å²) in [5.74, 6) is -1.24. The van der Waals surface area contributed by atoms with Crippen LogP contribution in [0.3, 0.4) is 0 Å². The Morgan fingerprint density at radius 3 is 1.89 bits per heavy atom. The summed E-state index contributed by atoms with van der Waals surface area (Å²) < 4.78 is 14.8. The third-order valence-electron chi connectivity index (χ3n) is 1.58. The van der Waals surface area contributed by atoms with Crippen molar-refractivity contribution < 1.29 is 23.8 Å². The van der Waals surface area contributed by atoms with Gasteiger partial charge in [0.25, 0.3) is 0 Å². The van der Waals surface area contributed by atoms with Gasteiger partial charge in [-0.25, -0.2) is 9.59 Å². The number of ether oxygens (including phenoxy) is 3. The van der Waals surface area contributed by atoms with Crippen LogP contribution in [0.1, 0.15) is 20.8 Å². The van der Waals surface area contributed by atoms with Crippen molar-refractivity contribution in [2.75, 3.05) is 6.61 Å². The zero-order chi connectivity index (χ0) is 15.3. The van der Waals surface area contributed by atoms with Gasteiger partial charge in [0.05, 0.1) is 0 Å². The van der Waals surface area contributed by atoms with E-state index in [0.717, 1.165) is 12.2 Å². The average molecular weight is 270 g/mol. The van der Waals surface area contributed by atoms with E-state index in [9.17, 15) is 9.59 Å². The van der Waals surface area contributed by atoms with Crippen molar-refractivity contribution in [2.24, 2.45) is 0 Å². The highest BCUT2D eigenvalue weighted by Crippen LogP contribution is 2.07. The second-order valence-electron chi connectivity index (χ2n) is 3.22. The molecule has 0 aliphatic carbocycles. The number of hydrogen-bond acceptors (Lipinski definition) is 5. The highest BCUT2D eigenvalue weighted by atomic mass is 16.7. The van der Waals surface area contributed by atoms with Crippen LogP contribution >= 0.6 is 0 Å². The van der Waals surface area contributed by atoms with Crippen LogP contribution in [-0.2, 0) is 23.8 Å². The number of carbonyl (C=O) groups is 2. The fourth-order valence-corrected chi connectivity index (χ4v) is 0.879. The Kier molecular flexibility index (Phi) is 12.9. The van der Waals surface area contributed by atoms with E-state index in [-0.39, 0.29) is 0 Å². The maximum atomic E-state index is 11.0. The lowest BCUT2D eigenvalue weighted by molar-refractivity contribution is -0.203. The molecule has 5 heteroatoms. The standard InChI is InChI=1S/C11H16O5.C3H6/c1-5-9(12)15-8(4)11(14-7-3)16-10(13)6-2;1-3-2/h5-6,8,11H,1-2,7H2,3-4H3;3H,1H2,2H3. The third-order valence-corrected chi connectivity index (χ3v) is 1.58. The van der Waals surface area contributed by atoms with E-state index in [1.54, 1.807) is 19.9 Å². The van der Waals surface area contributed by atoms with Crippen molar-refractivity contribution in [2.45, 2.75) is 33.2 Å². The molecule has 108 valence electrons. The molecule has 0 radical (unpaired) electrons. The number of esters is 2. The summed E-state index contributed by atoms with van der Waals surface area (Å²) in [5.41, 5.74) is 0. The van der Waals surface area contributed by atoms with Crippen LogP contribution in [0.4, 0.5) is 0 Å². The van der Waals surface area contributed by atoms with Gasteiger partial charge in [0, 0.05) is 18.8 Å². The largest absolute Gasteiger partial charge is 0.453 e. The van der Waals surface area contributed by atoms with Crippen LogP contribution in [0.2, 0.25) is 0 Å². The molecule has 0 spiro atoms. The zero-order valence-electron chi connectivity index (χ0n) is 11.8. The number of rotatable bonds is 7. The molecule has 19 heavy (non-hydrogen) atoms. The van der Waals surface area contributed by atoms with Gasteiger partial charge in [-0.2, -0.15) is 0 Å². The van der Waals surface area contributed by atoms with Crippen molar-refractivity contribution >= 4 is 11.9 Å². The number of carbonyl (C=O) groups excluding carboxylic acids is 2. The van der Waals surface area contributed by atoms with E-state index >= 15 is 0 Å². The molecule has 0 fully saturated rings. The molecule has 0 bridgehead atoms. The second-order valence-corrected chi connectivity index (χ2v) is 3.22. The third kappa shape index (κ3) is 11.0. The molecule has 2 unspecified atom stereocenters. The minimum absolute atomic E-state index is 0.324. The van der Waals surface area contributed by atoms with Crippen LogP contribution in [-0.4, -0.2) is 30.9 Å². The van der Waals surface area contributed by atoms with Gasteiger partial charge in [-0.05, 0) is 20.8 Å². The Balaban J connectivity index is 0. The van der Waals surface area contributed by atoms with E-state index in [1.807, 2.05) is 6.92 Å². The summed E-state index contributed by atoms with van der Waals surface area (Å²) in [6, 6.07) is 0. The number of hydrogen-bond donors (Lipinski definition) is 0. The lowest BCUT2D eigenvalue weighted by Crippen LogP contribution is -2.34. The SMILES string of the molecule is C=CC.C=CC(=O)OC(C)C(OCC)OC(=O)C=C. The minimum Gasteiger partial charge on any atom is -0.453 e. The van der Waals surface area contributed by atoms with Crippen molar-refractivity contribution in [3.05, 3.63) is 38.0 Å². The predicted octanol–water partition coefficient (Wildman–Crippen LogP) is 2.39. The molecule has 0 aromatic heterocycles. The van der Waals surface area contributed by atoms with Gasteiger partial charge in [-0.1, -0.05) is 19.2 Å². The Labute approximate surface area is 114 Å². The molecule has 0 saturated heterocycles. The molecule has 0 rings (SSSR count). The Morgan fingerprint density at radius 1 is 1.11 bits per heavy atom. The molecule has 5 nitrogen and oxygen atoms in total. The van der Waals surface area contributed by atoms with Gasteiger partial charge >= 0.3 is 11.9 Å². The van der Waals surface area contributed by atoms with Gasteiger partial charge in [0.2, 0.25) is 6.29 Å². The predicted molar refractivity (Wildman–Crippen MR) is 73.3 cm³/mol. The fraction of sp³-hybridized carbons (Fsp3) is 0.429. The van der Waals surface area contributed by atoms with Gasteiger partial charge < -0.3 is 14.2 Å². The Morgan fingerprint density at radius 2 is 1.53 bits per heavy atom. The molecule has 0 heterocycles. The van der Waals surface area contributed by atoms with Gasteiger partial charge in [-0.15, -0.1) is 6.58 Å². The first kappa shape index (κ1) is 19.5. The lowest BCUT2D eigenvalue weighted by atomic mass is 10.4. The molecule has 2 atom stereocenters. The Bertz CT molecular complexity index is 309. The second kappa shape index (κ2) is 12.6. The summed E-state index contributed by atoms with van der Waals surface area (Å²) in [6.45, 7) is 15.4. The highest BCUT2D eigenvalue weighted by Gasteiger charge is 2.23. The lowest BCUT2D eigenvalue weighted by Gasteiger charge is -2.22. The minimum atomic E-state index is -0.945. The molecule has 0 aliphatic heterocycles. The maximum absolute atomic E-state index is 11.0. The van der Waals surface area contributed by atoms with Gasteiger partial charge in [-0.3, -0.25) is 0 Å². The molecule has 0 N–H and O–H groups in total. The normalized spacial score (nSPS) is 11.9. The van der Waals surface area contributed by atoms with E-state index in [1.165, 1.54) is 0 Å². The van der Waals surface area contributed by atoms with Crippen LogP contribution in [0, 0.1) is 0 Å². The number of allylic oxidation sites excluding steroid dienone is 1. The summed E-state index contributed by atoms with van der Waals surface area (Å²) in [4.78, 5) is 21.9. The first-order chi connectivity index (χ1) is 8.96. The van der Waals surface area contributed by atoms with Gasteiger partial charge in [0.1, 0.15) is 0 Å². The van der Waals surface area contributed by atoms with Crippen LogP contribution < -0.4 is 0 Å². The Hall–Kier alpha value is -1.88. The summed E-state index contributed by atoms with van der Waals surface area (Å²) in [7, 11) is 0. The fourth-order valence-electron chi connectivity index (χ4n) is 0.879. The molecule has 0 aliphatic rings. The monoisotopic (exact) mass is 270 g/mol. The van der Waals surface area contributed by atoms with Crippen LogP contribution in [0.15, 0.2) is 38.0 Å². The average Bonchev–Trinajstić information content (AvgIpc) is 2.38. The molecule has 0 aromatic carbocycles. The first-order valence-electron chi connectivity index (χ1n) is 5.81. The molecule has 0 saturated carbocycles. The topological polar surface area (TPSA) is 61.8 Å². The van der Waals surface area contributed by atoms with Gasteiger partial charge in [0.15, 0.2) is 6.10 Å². The van der Waals surface area contributed by atoms with E-state index < -0.39 is 24.3 Å². The van der Waals surface area contributed by atoms with Crippen molar-refractivity contribution in [1.82, 2.24) is 0 Å². The molecule has 0 aromatic rings. The van der Waals surface area contributed by atoms with Crippen molar-refractivity contribution in [1.29, 1.82) is 0 Å². The molecular formula is C14H22O5. The quantitative estimate of drug-likeness (QED) is 0.307. The van der Waals surface area contributed by atoms with E-state index in [2.05, 4.69) is 19.7 Å².